The van der Waals surface area contributed by atoms with Gasteiger partial charge in [0.15, 0.2) is 0 Å². The van der Waals surface area contributed by atoms with Crippen molar-refractivity contribution in [2.45, 2.75) is 36.2 Å². The Hall–Kier alpha value is -2.82. The second-order valence-electron chi connectivity index (χ2n) is 6.55. The molecule has 1 aliphatic rings. The fourth-order valence-electron chi connectivity index (χ4n) is 2.95. The average Bonchev–Trinajstić information content (AvgIpc) is 2.80. The highest BCUT2D eigenvalue weighted by Crippen LogP contribution is 2.41. The Bertz CT molecular complexity index is 1020. The minimum atomic E-state index is -4.57. The predicted molar refractivity (Wildman–Crippen MR) is 101 cm³/mol. The molecule has 1 aliphatic heterocycles. The lowest BCUT2D eigenvalue weighted by Crippen LogP contribution is -2.37. The van der Waals surface area contributed by atoms with Crippen molar-refractivity contribution in [3.8, 4) is 0 Å². The van der Waals surface area contributed by atoms with Gasteiger partial charge >= 0.3 is 6.18 Å². The summed E-state index contributed by atoms with van der Waals surface area (Å²) in [5.41, 5.74) is -1.74. The van der Waals surface area contributed by atoms with Gasteiger partial charge in [-0.2, -0.15) is 13.2 Å². The van der Waals surface area contributed by atoms with Gasteiger partial charge in [-0.05, 0) is 24.6 Å². The van der Waals surface area contributed by atoms with E-state index in [1.807, 2.05) is 6.92 Å². The van der Waals surface area contributed by atoms with Crippen LogP contribution in [0.15, 0.2) is 46.2 Å². The number of aromatic nitrogens is 1. The molecule has 1 aromatic carbocycles. The van der Waals surface area contributed by atoms with Crippen LogP contribution in [0.2, 0.25) is 0 Å². The van der Waals surface area contributed by atoms with Crippen LogP contribution in [-0.4, -0.2) is 27.2 Å². The van der Waals surface area contributed by atoms with Crippen molar-refractivity contribution in [2.75, 3.05) is 11.4 Å². The first kappa shape index (κ1) is 20.9. The van der Waals surface area contributed by atoms with Gasteiger partial charge in [0.25, 0.3) is 11.2 Å². The van der Waals surface area contributed by atoms with E-state index in [9.17, 15) is 32.9 Å². The van der Waals surface area contributed by atoms with Crippen molar-refractivity contribution >= 4 is 29.0 Å². The molecule has 0 aliphatic carbocycles. The third-order valence-corrected chi connectivity index (χ3v) is 5.69. The van der Waals surface area contributed by atoms with Gasteiger partial charge in [0, 0.05) is 28.8 Å². The van der Waals surface area contributed by atoms with E-state index in [0.717, 1.165) is 35.0 Å². The van der Waals surface area contributed by atoms with Gasteiger partial charge in [-0.1, -0.05) is 6.92 Å². The second-order valence-corrected chi connectivity index (χ2v) is 8.03. The molecule has 29 heavy (non-hydrogen) atoms. The summed E-state index contributed by atoms with van der Waals surface area (Å²) in [6, 6.07) is 5.23. The van der Waals surface area contributed by atoms with Gasteiger partial charge in [-0.25, -0.2) is 0 Å². The first-order valence-corrected chi connectivity index (χ1v) is 9.47. The van der Waals surface area contributed by atoms with Crippen LogP contribution in [0.5, 0.6) is 0 Å². The maximum atomic E-state index is 13.2. The molecule has 3 rings (SSSR count). The highest BCUT2D eigenvalue weighted by atomic mass is 32.2. The molecule has 2 aromatic rings. The lowest BCUT2D eigenvalue weighted by molar-refractivity contribution is -0.385. The topological polar surface area (TPSA) is 85.4 Å². The van der Waals surface area contributed by atoms with Crippen LogP contribution in [0.1, 0.15) is 18.9 Å². The number of hydrogen-bond acceptors (Lipinski definition) is 5. The van der Waals surface area contributed by atoms with Crippen LogP contribution >= 0.6 is 11.8 Å². The molecule has 0 radical (unpaired) electrons. The van der Waals surface area contributed by atoms with Gasteiger partial charge < -0.3 is 4.90 Å². The molecule has 0 fully saturated rings. The van der Waals surface area contributed by atoms with Crippen molar-refractivity contribution in [1.82, 2.24) is 4.57 Å². The maximum absolute atomic E-state index is 13.2. The molecule has 0 N–H and O–H groups in total. The number of thioether (sulfide) groups is 1. The van der Waals surface area contributed by atoms with Crippen LogP contribution < -0.4 is 10.5 Å². The van der Waals surface area contributed by atoms with Crippen LogP contribution in [0.3, 0.4) is 0 Å². The van der Waals surface area contributed by atoms with E-state index in [4.69, 9.17) is 0 Å². The Morgan fingerprint density at radius 1 is 1.31 bits per heavy atom. The third kappa shape index (κ3) is 4.61. The highest BCUT2D eigenvalue weighted by Gasteiger charge is 2.33. The van der Waals surface area contributed by atoms with Crippen molar-refractivity contribution in [3.63, 3.8) is 0 Å². The van der Waals surface area contributed by atoms with Crippen LogP contribution in [0.25, 0.3) is 0 Å². The first-order valence-electron chi connectivity index (χ1n) is 8.59. The third-order valence-electron chi connectivity index (χ3n) is 4.45. The molecular weight excluding hydrogens is 411 g/mol. The molecule has 1 atom stereocenters. The van der Waals surface area contributed by atoms with Crippen LogP contribution in [0, 0.1) is 10.1 Å². The standard InChI is InChI=1S/C18H16F3N3O4S/c1-11-6-7-23(14-8-12(18(19,20)21)2-4-15(14)29-11)17(26)10-22-9-13(24(27)28)3-5-16(22)25/h2-5,8-9,11H,6-7,10H2,1H3. The van der Waals surface area contributed by atoms with Crippen molar-refractivity contribution < 1.29 is 22.9 Å². The number of pyridine rings is 1. The van der Waals surface area contributed by atoms with E-state index < -0.39 is 34.7 Å². The monoisotopic (exact) mass is 427 g/mol. The maximum Gasteiger partial charge on any atom is 0.416 e. The fraction of sp³-hybridized carbons (Fsp3) is 0.333. The number of nitro groups is 1. The Morgan fingerprint density at radius 3 is 2.69 bits per heavy atom. The van der Waals surface area contributed by atoms with Crippen molar-refractivity contribution in [3.05, 3.63) is 62.6 Å². The van der Waals surface area contributed by atoms with Crippen LogP contribution in [0.4, 0.5) is 24.5 Å². The summed E-state index contributed by atoms with van der Waals surface area (Å²) in [4.78, 5) is 36.8. The number of benzene rings is 1. The molecule has 0 saturated carbocycles. The second kappa shape index (κ2) is 7.90. The average molecular weight is 427 g/mol. The fourth-order valence-corrected chi connectivity index (χ4v) is 4.04. The summed E-state index contributed by atoms with van der Waals surface area (Å²) in [6.07, 6.45) is -3.08. The molecular formula is C18H16F3N3O4S. The molecule has 2 heterocycles. The van der Waals surface area contributed by atoms with Gasteiger partial charge in [-0.15, -0.1) is 11.8 Å². The van der Waals surface area contributed by atoms with Crippen molar-refractivity contribution in [1.29, 1.82) is 0 Å². The number of fused-ring (bicyclic) bond motifs is 1. The van der Waals surface area contributed by atoms with Gasteiger partial charge in [0.1, 0.15) is 6.54 Å². The number of halogens is 3. The Balaban J connectivity index is 1.98. The Labute approximate surface area is 167 Å². The number of hydrogen-bond donors (Lipinski definition) is 0. The minimum Gasteiger partial charge on any atom is -0.310 e. The summed E-state index contributed by atoms with van der Waals surface area (Å²) in [5.74, 6) is -0.622. The molecule has 11 heteroatoms. The number of amides is 1. The van der Waals surface area contributed by atoms with Crippen LogP contribution in [-0.2, 0) is 17.5 Å². The number of carbonyl (C=O) groups is 1. The Kier molecular flexibility index (Phi) is 5.69. The molecule has 1 unspecified atom stereocenters. The van der Waals surface area contributed by atoms with E-state index in [2.05, 4.69) is 0 Å². The van der Waals surface area contributed by atoms with Gasteiger partial charge in [0.05, 0.1) is 22.4 Å². The zero-order valence-corrected chi connectivity index (χ0v) is 16.0. The normalized spacial score (nSPS) is 16.8. The predicted octanol–water partition coefficient (Wildman–Crippen LogP) is 3.69. The lowest BCUT2D eigenvalue weighted by Gasteiger charge is -2.24. The summed E-state index contributed by atoms with van der Waals surface area (Å²) in [6.45, 7) is 1.56. The van der Waals surface area contributed by atoms with Gasteiger partial charge in [0.2, 0.25) is 5.91 Å². The highest BCUT2D eigenvalue weighted by molar-refractivity contribution is 8.00. The number of rotatable bonds is 3. The molecule has 154 valence electrons. The zero-order valence-electron chi connectivity index (χ0n) is 15.2. The Morgan fingerprint density at radius 2 is 2.03 bits per heavy atom. The SMILES string of the molecule is CC1CCN(C(=O)Cn2cc([N+](=O)[O-])ccc2=O)c2cc(C(F)(F)F)ccc2S1. The van der Waals surface area contributed by atoms with Crippen molar-refractivity contribution in [2.24, 2.45) is 0 Å². The largest absolute Gasteiger partial charge is 0.416 e. The molecule has 1 amide bonds. The summed E-state index contributed by atoms with van der Waals surface area (Å²) in [7, 11) is 0. The van der Waals surface area contributed by atoms with Gasteiger partial charge in [-0.3, -0.25) is 24.3 Å². The van der Waals surface area contributed by atoms with E-state index >= 15 is 0 Å². The minimum absolute atomic E-state index is 0.0730. The lowest BCUT2D eigenvalue weighted by atomic mass is 10.1. The number of carbonyl (C=O) groups excluding carboxylic acids is 1. The quantitative estimate of drug-likeness (QED) is 0.551. The molecule has 7 nitrogen and oxygen atoms in total. The van der Waals surface area contributed by atoms with E-state index in [1.165, 1.54) is 22.7 Å². The molecule has 0 bridgehead atoms. The summed E-state index contributed by atoms with van der Waals surface area (Å²) < 4.78 is 40.4. The number of anilines is 1. The smallest absolute Gasteiger partial charge is 0.310 e. The molecule has 0 spiro atoms. The molecule has 1 aromatic heterocycles. The number of nitrogens with zero attached hydrogens (tertiary/aromatic N) is 3. The summed E-state index contributed by atoms with van der Waals surface area (Å²) in [5, 5.41) is 11.0. The van der Waals surface area contributed by atoms with E-state index in [-0.39, 0.29) is 23.2 Å². The number of alkyl halides is 3. The molecule has 0 saturated heterocycles. The first-order chi connectivity index (χ1) is 13.6. The summed E-state index contributed by atoms with van der Waals surface area (Å²) >= 11 is 1.37. The van der Waals surface area contributed by atoms with E-state index in [1.54, 1.807) is 0 Å². The zero-order chi connectivity index (χ0) is 21.3. The van der Waals surface area contributed by atoms with E-state index in [0.29, 0.717) is 11.3 Å².